The van der Waals surface area contributed by atoms with Crippen molar-refractivity contribution in [2.24, 2.45) is 0 Å². The van der Waals surface area contributed by atoms with E-state index < -0.39 is 17.6 Å². The van der Waals surface area contributed by atoms with E-state index in [1.807, 2.05) is 0 Å². The average molecular weight is 347 g/mol. The molecule has 0 spiro atoms. The zero-order valence-corrected chi connectivity index (χ0v) is 12.8. The van der Waals surface area contributed by atoms with Crippen molar-refractivity contribution in [1.29, 1.82) is 0 Å². The normalized spacial score (nSPS) is 11.5. The Morgan fingerprint density at radius 1 is 0.840 bits per heavy atom. The quantitative estimate of drug-likeness (QED) is 0.520. The maximum absolute atomic E-state index is 13.5. The van der Waals surface area contributed by atoms with Gasteiger partial charge in [-0.2, -0.15) is 13.2 Å². The molecule has 3 nitrogen and oxygen atoms in total. The molecule has 0 aliphatic rings. The maximum atomic E-state index is 13.5. The van der Waals surface area contributed by atoms with Crippen LogP contribution in [0.1, 0.15) is 5.56 Å². The molecule has 0 unspecified atom stereocenters. The van der Waals surface area contributed by atoms with Crippen LogP contribution in [0.3, 0.4) is 0 Å². The molecule has 0 saturated carbocycles. The van der Waals surface area contributed by atoms with Crippen LogP contribution >= 0.6 is 0 Å². The molecule has 25 heavy (non-hydrogen) atoms. The highest BCUT2D eigenvalue weighted by molar-refractivity contribution is 5.84. The van der Waals surface area contributed by atoms with Crippen molar-refractivity contribution >= 4 is 11.4 Å². The summed E-state index contributed by atoms with van der Waals surface area (Å²) >= 11 is 0. The molecule has 0 aliphatic carbocycles. The van der Waals surface area contributed by atoms with Gasteiger partial charge in [-0.05, 0) is 42.0 Å². The van der Waals surface area contributed by atoms with E-state index in [2.05, 4.69) is 4.98 Å². The number of aromatic nitrogens is 1. The molecular formula is C18H13F4N3. The van der Waals surface area contributed by atoms with Crippen LogP contribution in [-0.2, 0) is 6.18 Å². The number of nitrogens with zero attached hydrogens (tertiary/aromatic N) is 1. The predicted molar refractivity (Wildman–Crippen MR) is 88.9 cm³/mol. The number of hydrogen-bond acceptors (Lipinski definition) is 3. The van der Waals surface area contributed by atoms with Crippen molar-refractivity contribution in [3.63, 3.8) is 0 Å². The van der Waals surface area contributed by atoms with Gasteiger partial charge in [0.15, 0.2) is 0 Å². The number of rotatable bonds is 2. The molecule has 0 saturated heterocycles. The summed E-state index contributed by atoms with van der Waals surface area (Å²) in [6, 6.07) is 11.1. The molecule has 0 amide bonds. The first-order chi connectivity index (χ1) is 11.8. The summed E-state index contributed by atoms with van der Waals surface area (Å²) in [6.07, 6.45) is -3.34. The molecule has 0 atom stereocenters. The number of hydrogen-bond donors (Lipinski definition) is 2. The lowest BCUT2D eigenvalue weighted by Crippen LogP contribution is -2.08. The third kappa shape index (κ3) is 3.26. The van der Waals surface area contributed by atoms with Gasteiger partial charge in [-0.15, -0.1) is 0 Å². The van der Waals surface area contributed by atoms with Gasteiger partial charge in [0.05, 0.1) is 22.6 Å². The zero-order valence-electron chi connectivity index (χ0n) is 12.8. The summed E-state index contributed by atoms with van der Waals surface area (Å²) in [7, 11) is 0. The van der Waals surface area contributed by atoms with Gasteiger partial charge in [0.1, 0.15) is 5.82 Å². The molecule has 1 aromatic heterocycles. The molecule has 0 aliphatic heterocycles. The van der Waals surface area contributed by atoms with Crippen molar-refractivity contribution in [2.75, 3.05) is 11.5 Å². The van der Waals surface area contributed by atoms with Crippen LogP contribution in [0.5, 0.6) is 0 Å². The number of benzene rings is 2. The monoisotopic (exact) mass is 347 g/mol. The summed E-state index contributed by atoms with van der Waals surface area (Å²) in [5.41, 5.74) is 12.6. The Labute approximate surface area is 140 Å². The lowest BCUT2D eigenvalue weighted by molar-refractivity contribution is -0.139. The Bertz CT molecular complexity index is 936. The van der Waals surface area contributed by atoms with E-state index in [9.17, 15) is 17.6 Å². The second kappa shape index (κ2) is 6.08. The Kier molecular flexibility index (Phi) is 4.08. The predicted octanol–water partition coefficient (Wildman–Crippen LogP) is 4.74. The fourth-order valence-electron chi connectivity index (χ4n) is 2.50. The van der Waals surface area contributed by atoms with Crippen molar-refractivity contribution < 1.29 is 17.6 Å². The Morgan fingerprint density at radius 2 is 1.56 bits per heavy atom. The van der Waals surface area contributed by atoms with Crippen LogP contribution in [0.25, 0.3) is 22.4 Å². The maximum Gasteiger partial charge on any atom is 0.419 e. The molecule has 0 bridgehead atoms. The van der Waals surface area contributed by atoms with E-state index in [0.717, 1.165) is 12.1 Å². The van der Waals surface area contributed by atoms with Gasteiger partial charge in [-0.25, -0.2) is 4.39 Å². The van der Waals surface area contributed by atoms with Crippen LogP contribution < -0.4 is 11.5 Å². The lowest BCUT2D eigenvalue weighted by Gasteiger charge is -2.13. The second-order valence-electron chi connectivity index (χ2n) is 5.44. The van der Waals surface area contributed by atoms with Crippen molar-refractivity contribution in [1.82, 2.24) is 4.98 Å². The number of alkyl halides is 3. The Hall–Kier alpha value is -3.09. The minimum atomic E-state index is -4.79. The van der Waals surface area contributed by atoms with Crippen LogP contribution in [0, 0.1) is 5.82 Å². The first kappa shape index (κ1) is 16.8. The fraction of sp³-hybridized carbons (Fsp3) is 0.0556. The van der Waals surface area contributed by atoms with Crippen LogP contribution in [0.15, 0.2) is 54.7 Å². The first-order valence-corrected chi connectivity index (χ1v) is 7.25. The molecule has 3 aromatic rings. The number of anilines is 2. The van der Waals surface area contributed by atoms with Gasteiger partial charge in [0, 0.05) is 17.3 Å². The SMILES string of the molecule is Nc1ccc(-c2cccnc2-c2ccc(F)c(C(F)(F)F)c2)cc1N. The Balaban J connectivity index is 2.18. The van der Waals surface area contributed by atoms with Crippen LogP contribution in [-0.4, -0.2) is 4.98 Å². The number of halogens is 4. The highest BCUT2D eigenvalue weighted by Crippen LogP contribution is 2.37. The lowest BCUT2D eigenvalue weighted by atomic mass is 9.97. The standard InChI is InChI=1S/C18H13F4N3/c19-14-5-3-11(8-13(14)18(20,21)22)17-12(2-1-7-25-17)10-4-6-15(23)16(24)9-10/h1-9H,23-24H2. The van der Waals surface area contributed by atoms with Gasteiger partial charge in [0.2, 0.25) is 0 Å². The average Bonchev–Trinajstić information content (AvgIpc) is 2.57. The summed E-state index contributed by atoms with van der Waals surface area (Å²) < 4.78 is 52.5. The van der Waals surface area contributed by atoms with Gasteiger partial charge in [0.25, 0.3) is 0 Å². The largest absolute Gasteiger partial charge is 0.419 e. The first-order valence-electron chi connectivity index (χ1n) is 7.25. The smallest absolute Gasteiger partial charge is 0.397 e. The van der Waals surface area contributed by atoms with Crippen LogP contribution in [0.4, 0.5) is 28.9 Å². The van der Waals surface area contributed by atoms with E-state index in [4.69, 9.17) is 11.5 Å². The summed E-state index contributed by atoms with van der Waals surface area (Å²) in [5, 5.41) is 0. The van der Waals surface area contributed by atoms with E-state index in [1.165, 1.54) is 12.3 Å². The van der Waals surface area contributed by atoms with Gasteiger partial charge < -0.3 is 11.5 Å². The molecule has 1 heterocycles. The molecule has 0 radical (unpaired) electrons. The van der Waals surface area contributed by atoms with Gasteiger partial charge >= 0.3 is 6.18 Å². The molecule has 4 N–H and O–H groups in total. The van der Waals surface area contributed by atoms with E-state index >= 15 is 0 Å². The summed E-state index contributed by atoms with van der Waals surface area (Å²) in [5.74, 6) is -1.33. The Morgan fingerprint density at radius 3 is 2.24 bits per heavy atom. The minimum absolute atomic E-state index is 0.153. The highest BCUT2D eigenvalue weighted by Gasteiger charge is 2.34. The van der Waals surface area contributed by atoms with Crippen molar-refractivity contribution in [3.8, 4) is 22.4 Å². The highest BCUT2D eigenvalue weighted by atomic mass is 19.4. The second-order valence-corrected chi connectivity index (χ2v) is 5.44. The third-order valence-corrected chi connectivity index (χ3v) is 3.75. The van der Waals surface area contributed by atoms with Crippen LogP contribution in [0.2, 0.25) is 0 Å². The number of pyridine rings is 1. The molecule has 128 valence electrons. The summed E-state index contributed by atoms with van der Waals surface area (Å²) in [4.78, 5) is 4.17. The molecule has 2 aromatic carbocycles. The van der Waals surface area contributed by atoms with E-state index in [-0.39, 0.29) is 11.3 Å². The topological polar surface area (TPSA) is 64.9 Å². The van der Waals surface area contributed by atoms with Gasteiger partial charge in [-0.3, -0.25) is 4.98 Å². The number of nitrogens with two attached hydrogens (primary N) is 2. The van der Waals surface area contributed by atoms with Crippen molar-refractivity contribution in [2.45, 2.75) is 6.18 Å². The molecule has 7 heteroatoms. The molecule has 0 fully saturated rings. The molecular weight excluding hydrogens is 334 g/mol. The zero-order chi connectivity index (χ0) is 18.2. The van der Waals surface area contributed by atoms with Gasteiger partial charge in [-0.1, -0.05) is 12.1 Å². The summed E-state index contributed by atoms with van der Waals surface area (Å²) in [6.45, 7) is 0. The third-order valence-electron chi connectivity index (χ3n) is 3.75. The van der Waals surface area contributed by atoms with E-state index in [0.29, 0.717) is 22.5 Å². The molecule has 3 rings (SSSR count). The fourth-order valence-corrected chi connectivity index (χ4v) is 2.50. The van der Waals surface area contributed by atoms with Crippen molar-refractivity contribution in [3.05, 3.63) is 66.1 Å². The van der Waals surface area contributed by atoms with E-state index in [1.54, 1.807) is 30.3 Å². The minimum Gasteiger partial charge on any atom is -0.397 e. The number of nitrogen functional groups attached to an aromatic ring is 2.